The van der Waals surface area contributed by atoms with Gasteiger partial charge in [-0.2, -0.15) is 0 Å². The van der Waals surface area contributed by atoms with E-state index in [0.29, 0.717) is 25.1 Å². The number of fused-ring (bicyclic) bond motifs is 1. The van der Waals surface area contributed by atoms with Gasteiger partial charge in [0, 0.05) is 25.1 Å². The van der Waals surface area contributed by atoms with Crippen LogP contribution in [0.3, 0.4) is 0 Å². The molecule has 1 aromatic heterocycles. The van der Waals surface area contributed by atoms with Gasteiger partial charge in [-0.05, 0) is 68.7 Å². The van der Waals surface area contributed by atoms with E-state index in [1.54, 1.807) is 7.11 Å². The normalized spacial score (nSPS) is 11.2. The number of hydrogen-bond donors (Lipinski definition) is 1. The van der Waals surface area contributed by atoms with Crippen molar-refractivity contribution in [3.63, 3.8) is 0 Å². The molecule has 6 heteroatoms. The van der Waals surface area contributed by atoms with Gasteiger partial charge in [0.1, 0.15) is 5.82 Å². The highest BCUT2D eigenvalue weighted by molar-refractivity contribution is 5.94. The number of benzene rings is 3. The fourth-order valence-corrected chi connectivity index (χ4v) is 4.40. The second-order valence-electron chi connectivity index (χ2n) is 9.01. The Bertz CT molecular complexity index is 1370. The van der Waals surface area contributed by atoms with E-state index in [1.165, 1.54) is 0 Å². The molecular formula is C31H35N3O3. The first-order chi connectivity index (χ1) is 18.1. The molecule has 4 rings (SSSR count). The molecule has 3 aromatic carbocycles. The van der Waals surface area contributed by atoms with Crippen LogP contribution in [0.4, 0.5) is 0 Å². The zero-order chi connectivity index (χ0) is 26.0. The summed E-state index contributed by atoms with van der Waals surface area (Å²) in [4.78, 5) is 17.4. The quantitative estimate of drug-likeness (QED) is 0.236. The Kier molecular flexibility index (Phi) is 8.98. The maximum Gasteiger partial charge on any atom is 0.251 e. The summed E-state index contributed by atoms with van der Waals surface area (Å²) in [7, 11) is 1.66. The number of allylic oxidation sites excluding steroid dienone is 1. The third-order valence-electron chi connectivity index (χ3n) is 6.23. The molecule has 0 aliphatic rings. The van der Waals surface area contributed by atoms with E-state index in [9.17, 15) is 4.79 Å². The number of aromatic nitrogens is 2. The van der Waals surface area contributed by atoms with Crippen LogP contribution in [-0.4, -0.2) is 35.7 Å². The van der Waals surface area contributed by atoms with Crippen molar-refractivity contribution in [1.29, 1.82) is 0 Å². The van der Waals surface area contributed by atoms with Crippen LogP contribution in [0.15, 0.2) is 72.8 Å². The fraction of sp³-hybridized carbons (Fsp3) is 0.290. The highest BCUT2D eigenvalue weighted by Crippen LogP contribution is 2.29. The maximum absolute atomic E-state index is 12.5. The number of unbranched alkanes of at least 4 members (excludes halogenated alkanes) is 1. The average Bonchev–Trinajstić information content (AvgIpc) is 3.26. The van der Waals surface area contributed by atoms with Gasteiger partial charge in [0.15, 0.2) is 11.5 Å². The van der Waals surface area contributed by atoms with E-state index >= 15 is 0 Å². The number of hydrogen-bond acceptors (Lipinski definition) is 4. The van der Waals surface area contributed by atoms with E-state index in [4.69, 9.17) is 14.5 Å². The number of rotatable bonds is 12. The highest BCUT2D eigenvalue weighted by atomic mass is 16.5. The molecule has 0 fully saturated rings. The number of nitrogens with one attached hydrogen (secondary N) is 1. The van der Waals surface area contributed by atoms with Crippen LogP contribution >= 0.6 is 0 Å². The average molecular weight is 498 g/mol. The number of methoxy groups -OCH3 is 1. The Hall–Kier alpha value is -4.06. The number of para-hydroxylation sites is 2. The summed E-state index contributed by atoms with van der Waals surface area (Å²) in [6.45, 7) is 5.95. The van der Waals surface area contributed by atoms with Crippen LogP contribution in [0.2, 0.25) is 0 Å². The zero-order valence-electron chi connectivity index (χ0n) is 21.9. The molecule has 1 amide bonds. The molecule has 0 unspecified atom stereocenters. The predicted octanol–water partition coefficient (Wildman–Crippen LogP) is 6.22. The van der Waals surface area contributed by atoms with Gasteiger partial charge in [-0.25, -0.2) is 4.98 Å². The van der Waals surface area contributed by atoms with E-state index in [0.717, 1.165) is 58.9 Å². The van der Waals surface area contributed by atoms with E-state index in [1.807, 2.05) is 86.7 Å². The minimum atomic E-state index is -0.0577. The Morgan fingerprint density at radius 2 is 1.89 bits per heavy atom. The number of carbonyl (C=O) groups is 1. The van der Waals surface area contributed by atoms with Crippen LogP contribution in [0.25, 0.3) is 17.1 Å². The van der Waals surface area contributed by atoms with Crippen LogP contribution in [0.5, 0.6) is 11.5 Å². The van der Waals surface area contributed by atoms with Crippen LogP contribution < -0.4 is 14.8 Å². The monoisotopic (exact) mass is 497 g/mol. The van der Waals surface area contributed by atoms with Gasteiger partial charge in [0.2, 0.25) is 0 Å². The number of nitrogens with zero attached hydrogens (tertiary/aromatic N) is 2. The molecular weight excluding hydrogens is 462 g/mol. The molecule has 0 spiro atoms. The topological polar surface area (TPSA) is 65.4 Å². The summed E-state index contributed by atoms with van der Waals surface area (Å²) in [5.74, 6) is 2.42. The van der Waals surface area contributed by atoms with Gasteiger partial charge in [0.05, 0.1) is 24.8 Å². The van der Waals surface area contributed by atoms with Crippen molar-refractivity contribution >= 4 is 23.0 Å². The first kappa shape index (κ1) is 26.0. The largest absolute Gasteiger partial charge is 0.493 e. The molecule has 0 aliphatic carbocycles. The van der Waals surface area contributed by atoms with Crippen molar-refractivity contribution in [3.8, 4) is 11.5 Å². The Balaban J connectivity index is 1.33. The number of aryl methyl sites for hydroxylation is 2. The van der Waals surface area contributed by atoms with Gasteiger partial charge in [-0.3, -0.25) is 4.79 Å². The molecule has 0 bridgehead atoms. The molecule has 0 saturated carbocycles. The van der Waals surface area contributed by atoms with Crippen LogP contribution in [0, 0.1) is 6.92 Å². The Morgan fingerprint density at radius 3 is 2.70 bits per heavy atom. The fourth-order valence-electron chi connectivity index (χ4n) is 4.40. The third kappa shape index (κ3) is 6.79. The first-order valence-electron chi connectivity index (χ1n) is 12.8. The number of carbonyl (C=O) groups excluding carboxylic acids is 1. The third-order valence-corrected chi connectivity index (χ3v) is 6.23. The van der Waals surface area contributed by atoms with Crippen molar-refractivity contribution in [3.05, 3.63) is 95.3 Å². The molecule has 37 heavy (non-hydrogen) atoms. The van der Waals surface area contributed by atoms with Gasteiger partial charge in [0.25, 0.3) is 5.91 Å². The summed E-state index contributed by atoms with van der Waals surface area (Å²) in [5, 5.41) is 3.04. The van der Waals surface area contributed by atoms with Crippen molar-refractivity contribution in [2.75, 3.05) is 20.3 Å². The lowest BCUT2D eigenvalue weighted by Gasteiger charge is -2.13. The molecule has 1 heterocycles. The molecule has 192 valence electrons. The first-order valence-corrected chi connectivity index (χ1v) is 12.8. The summed E-state index contributed by atoms with van der Waals surface area (Å²) in [6, 6.07) is 21.8. The minimum Gasteiger partial charge on any atom is -0.493 e. The molecule has 0 radical (unpaired) electrons. The van der Waals surface area contributed by atoms with Crippen molar-refractivity contribution in [2.45, 2.75) is 39.7 Å². The zero-order valence-corrected chi connectivity index (χ0v) is 21.9. The van der Waals surface area contributed by atoms with Gasteiger partial charge >= 0.3 is 0 Å². The van der Waals surface area contributed by atoms with Gasteiger partial charge in [-0.15, -0.1) is 0 Å². The number of amides is 1. The molecule has 0 atom stereocenters. The summed E-state index contributed by atoms with van der Waals surface area (Å²) in [6.07, 6.45) is 6.55. The minimum absolute atomic E-state index is 0.0577. The Labute approximate surface area is 218 Å². The maximum atomic E-state index is 12.5. The van der Waals surface area contributed by atoms with E-state index < -0.39 is 0 Å². The molecule has 4 aromatic rings. The van der Waals surface area contributed by atoms with Gasteiger partial charge < -0.3 is 19.4 Å². The SMILES string of the molecule is C/C=C/c1ccc(OCCCCn2c(CCNC(=O)c3cccc(C)c3)nc3ccccc32)c(OC)c1. The predicted molar refractivity (Wildman–Crippen MR) is 149 cm³/mol. The van der Waals surface area contributed by atoms with Crippen molar-refractivity contribution < 1.29 is 14.3 Å². The molecule has 1 N–H and O–H groups in total. The van der Waals surface area contributed by atoms with Crippen LogP contribution in [0.1, 0.15) is 47.1 Å². The highest BCUT2D eigenvalue weighted by Gasteiger charge is 2.12. The van der Waals surface area contributed by atoms with E-state index in [-0.39, 0.29) is 5.91 Å². The van der Waals surface area contributed by atoms with Crippen molar-refractivity contribution in [2.24, 2.45) is 0 Å². The standard InChI is InChI=1S/C31H35N3O3/c1-4-10-24-15-16-28(29(22-24)36-3)37-20-8-7-19-34-27-14-6-5-13-26(27)33-30(34)17-18-32-31(35)25-12-9-11-23(2)21-25/h4-6,9-16,21-22H,7-8,17-20H2,1-3H3,(H,32,35)/b10-4+. The smallest absolute Gasteiger partial charge is 0.251 e. The van der Waals surface area contributed by atoms with Crippen molar-refractivity contribution in [1.82, 2.24) is 14.9 Å². The summed E-state index contributed by atoms with van der Waals surface area (Å²) < 4.78 is 13.8. The molecule has 0 aliphatic heterocycles. The lowest BCUT2D eigenvalue weighted by molar-refractivity contribution is 0.0954. The summed E-state index contributed by atoms with van der Waals surface area (Å²) in [5.41, 5.74) is 4.93. The van der Waals surface area contributed by atoms with E-state index in [2.05, 4.69) is 16.0 Å². The lowest BCUT2D eigenvalue weighted by atomic mass is 10.1. The second-order valence-corrected chi connectivity index (χ2v) is 9.01. The van der Waals surface area contributed by atoms with Crippen LogP contribution in [-0.2, 0) is 13.0 Å². The summed E-state index contributed by atoms with van der Waals surface area (Å²) >= 11 is 0. The lowest BCUT2D eigenvalue weighted by Crippen LogP contribution is -2.26. The molecule has 6 nitrogen and oxygen atoms in total. The molecule has 0 saturated heterocycles. The van der Waals surface area contributed by atoms with Gasteiger partial charge in [-0.1, -0.05) is 48.0 Å². The Morgan fingerprint density at radius 1 is 1.03 bits per heavy atom. The second kappa shape index (κ2) is 12.8. The number of imidazole rings is 1. The number of ether oxygens (including phenoxy) is 2.